The number of hydrogen-bond donors (Lipinski definition) is 2. The van der Waals surface area contributed by atoms with Crippen LogP contribution in [0.2, 0.25) is 0 Å². The molecule has 40 heavy (non-hydrogen) atoms. The third-order valence-electron chi connectivity index (χ3n) is 6.52. The van der Waals surface area contributed by atoms with Gasteiger partial charge in [0.25, 0.3) is 11.8 Å². The van der Waals surface area contributed by atoms with Gasteiger partial charge in [0.1, 0.15) is 5.00 Å². The Labute approximate surface area is 238 Å². The number of methoxy groups -OCH3 is 3. The summed E-state index contributed by atoms with van der Waals surface area (Å²) in [5, 5.41) is 5.29. The normalized spacial score (nSPS) is 13.8. The second-order valence-electron chi connectivity index (χ2n) is 9.34. The van der Waals surface area contributed by atoms with Crippen LogP contribution < -0.4 is 10.6 Å². The zero-order chi connectivity index (χ0) is 29.4. The van der Waals surface area contributed by atoms with Crippen molar-refractivity contribution in [3.63, 3.8) is 0 Å². The van der Waals surface area contributed by atoms with Crippen LogP contribution in [0.1, 0.15) is 45.0 Å². The van der Waals surface area contributed by atoms with E-state index in [1.54, 1.807) is 0 Å². The van der Waals surface area contributed by atoms with Gasteiger partial charge >= 0.3 is 6.09 Å². The number of nitrogens with zero attached hydrogens (tertiary/aromatic N) is 2. The summed E-state index contributed by atoms with van der Waals surface area (Å²) in [6, 6.07) is 5.85. The first-order chi connectivity index (χ1) is 19.0. The molecule has 0 saturated carbocycles. The molecule has 1 aliphatic rings. The highest BCUT2D eigenvalue weighted by Gasteiger charge is 2.31. The average molecular weight is 597 g/mol. The van der Waals surface area contributed by atoms with Crippen LogP contribution in [0.4, 0.5) is 9.80 Å². The summed E-state index contributed by atoms with van der Waals surface area (Å²) in [4.78, 5) is 41.2. The van der Waals surface area contributed by atoms with Crippen molar-refractivity contribution in [3.8, 4) is 0 Å². The molecule has 2 N–H and O–H groups in total. The second kappa shape index (κ2) is 14.1. The van der Waals surface area contributed by atoms with Gasteiger partial charge in [-0.2, -0.15) is 4.31 Å². The fourth-order valence-electron chi connectivity index (χ4n) is 4.24. The second-order valence-corrected chi connectivity index (χ2v) is 12.4. The minimum atomic E-state index is -3.85. The molecule has 0 fully saturated rings. The number of sulfonamides is 1. The predicted molar refractivity (Wildman–Crippen MR) is 150 cm³/mol. The Morgan fingerprint density at radius 3 is 2.20 bits per heavy atom. The van der Waals surface area contributed by atoms with Gasteiger partial charge < -0.3 is 19.5 Å². The standard InChI is InChI=1S/C26H36N4O8S2/c1-17(2)29-11-10-20-21(16-29)39-25(22(20)24(32)28-26(33)38-5)27-23(31)18-6-8-19(9-7-18)40(34,35)30(12-14-36-3)13-15-37-4/h6-9,17H,10-16H2,1-5H3,(H,27,31)(H,28,32,33). The molecular weight excluding hydrogens is 560 g/mol. The average Bonchev–Trinajstić information content (AvgIpc) is 3.29. The Hall–Kier alpha value is -2.88. The molecule has 0 unspecified atom stereocenters. The van der Waals surface area contributed by atoms with Crippen LogP contribution in [0.15, 0.2) is 29.2 Å². The lowest BCUT2D eigenvalue weighted by molar-refractivity contribution is 0.0936. The van der Waals surface area contributed by atoms with E-state index < -0.39 is 27.9 Å². The molecule has 3 amide bonds. The Bertz CT molecular complexity index is 1300. The third-order valence-corrected chi connectivity index (χ3v) is 9.56. The maximum Gasteiger partial charge on any atom is 0.413 e. The van der Waals surface area contributed by atoms with Crippen LogP contribution in [0.25, 0.3) is 0 Å². The monoisotopic (exact) mass is 596 g/mol. The molecule has 1 aromatic heterocycles. The lowest BCUT2D eigenvalue weighted by Gasteiger charge is -2.30. The Kier molecular flexibility index (Phi) is 11.2. The van der Waals surface area contributed by atoms with Crippen molar-refractivity contribution in [1.29, 1.82) is 0 Å². The van der Waals surface area contributed by atoms with E-state index in [1.807, 2.05) is 0 Å². The van der Waals surface area contributed by atoms with Crippen molar-refractivity contribution in [2.75, 3.05) is 59.5 Å². The molecule has 0 aliphatic carbocycles. The number of imide groups is 1. The minimum absolute atomic E-state index is 0.0229. The van der Waals surface area contributed by atoms with Crippen molar-refractivity contribution in [1.82, 2.24) is 14.5 Å². The first-order valence-corrected chi connectivity index (χ1v) is 15.0. The van der Waals surface area contributed by atoms with Gasteiger partial charge in [0, 0.05) is 56.9 Å². The molecule has 1 aliphatic heterocycles. The number of thiophene rings is 1. The van der Waals surface area contributed by atoms with Gasteiger partial charge in [-0.3, -0.25) is 19.8 Å². The van der Waals surface area contributed by atoms with Crippen molar-refractivity contribution in [2.24, 2.45) is 0 Å². The number of hydrogen-bond acceptors (Lipinski definition) is 10. The number of rotatable bonds is 12. The highest BCUT2D eigenvalue weighted by molar-refractivity contribution is 7.89. The summed E-state index contributed by atoms with van der Waals surface area (Å²) >= 11 is 1.28. The van der Waals surface area contributed by atoms with Gasteiger partial charge in [-0.1, -0.05) is 0 Å². The summed E-state index contributed by atoms with van der Waals surface area (Å²) < 4.78 is 42.2. The van der Waals surface area contributed by atoms with Crippen LogP contribution in [0.5, 0.6) is 0 Å². The van der Waals surface area contributed by atoms with E-state index in [4.69, 9.17) is 9.47 Å². The quantitative estimate of drug-likeness (QED) is 0.378. The summed E-state index contributed by atoms with van der Waals surface area (Å²) in [6.07, 6.45) is -0.317. The number of anilines is 1. The van der Waals surface area contributed by atoms with Crippen LogP contribution in [0.3, 0.4) is 0 Å². The molecule has 3 rings (SSSR count). The van der Waals surface area contributed by atoms with E-state index in [1.165, 1.54) is 54.1 Å². The van der Waals surface area contributed by atoms with E-state index in [0.717, 1.165) is 24.1 Å². The molecular formula is C26H36N4O8S2. The van der Waals surface area contributed by atoms with Gasteiger partial charge in [0.15, 0.2) is 0 Å². The van der Waals surface area contributed by atoms with Crippen LogP contribution in [-0.4, -0.2) is 95.7 Å². The maximum absolute atomic E-state index is 13.2. The molecule has 0 saturated heterocycles. The number of amides is 3. The first kappa shape index (κ1) is 31.6. The largest absolute Gasteiger partial charge is 0.453 e. The number of carbonyl (C=O) groups is 3. The van der Waals surface area contributed by atoms with E-state index >= 15 is 0 Å². The predicted octanol–water partition coefficient (Wildman–Crippen LogP) is 2.55. The van der Waals surface area contributed by atoms with E-state index in [-0.39, 0.29) is 42.3 Å². The third kappa shape index (κ3) is 7.44. The molecule has 2 aromatic rings. The van der Waals surface area contributed by atoms with Gasteiger partial charge in [-0.15, -0.1) is 11.3 Å². The number of carbonyl (C=O) groups excluding carboxylic acids is 3. The van der Waals surface area contributed by atoms with Gasteiger partial charge in [-0.25, -0.2) is 13.2 Å². The SMILES string of the molecule is COCCN(CCOC)S(=O)(=O)c1ccc(C(=O)Nc2sc3c(c2C(=O)NC(=O)OC)CCN(C(C)C)C3)cc1. The zero-order valence-electron chi connectivity index (χ0n) is 23.3. The zero-order valence-corrected chi connectivity index (χ0v) is 24.9. The van der Waals surface area contributed by atoms with Crippen LogP contribution >= 0.6 is 11.3 Å². The Balaban J connectivity index is 1.86. The summed E-state index contributed by atoms with van der Waals surface area (Å²) in [7, 11) is 0.288. The fraction of sp³-hybridized carbons (Fsp3) is 0.500. The number of alkyl carbamates (subject to hydrolysis) is 1. The Morgan fingerprint density at radius 1 is 1.02 bits per heavy atom. The van der Waals surface area contributed by atoms with E-state index in [2.05, 4.69) is 34.1 Å². The van der Waals surface area contributed by atoms with Gasteiger partial charge in [0.2, 0.25) is 10.0 Å². The van der Waals surface area contributed by atoms with E-state index in [0.29, 0.717) is 24.0 Å². The van der Waals surface area contributed by atoms with E-state index in [9.17, 15) is 22.8 Å². The highest BCUT2D eigenvalue weighted by Crippen LogP contribution is 2.38. The lowest BCUT2D eigenvalue weighted by atomic mass is 10.0. The topological polar surface area (TPSA) is 144 Å². The smallest absolute Gasteiger partial charge is 0.413 e. The van der Waals surface area contributed by atoms with Crippen molar-refractivity contribution in [3.05, 3.63) is 45.8 Å². The van der Waals surface area contributed by atoms with Gasteiger partial charge in [-0.05, 0) is 50.1 Å². The molecule has 0 atom stereocenters. The molecule has 0 radical (unpaired) electrons. The highest BCUT2D eigenvalue weighted by atomic mass is 32.2. The molecule has 0 spiro atoms. The molecule has 1 aromatic carbocycles. The van der Waals surface area contributed by atoms with Crippen molar-refractivity contribution >= 4 is 44.3 Å². The summed E-state index contributed by atoms with van der Waals surface area (Å²) in [5.41, 5.74) is 1.22. The fourth-order valence-corrected chi connectivity index (χ4v) is 6.91. The minimum Gasteiger partial charge on any atom is -0.453 e. The molecule has 0 bridgehead atoms. The van der Waals surface area contributed by atoms with Crippen molar-refractivity contribution < 1.29 is 37.0 Å². The first-order valence-electron chi connectivity index (χ1n) is 12.7. The summed E-state index contributed by atoms with van der Waals surface area (Å²) in [6.45, 7) is 6.26. The number of ether oxygens (including phenoxy) is 3. The summed E-state index contributed by atoms with van der Waals surface area (Å²) in [5.74, 6) is -1.18. The molecule has 220 valence electrons. The lowest BCUT2D eigenvalue weighted by Crippen LogP contribution is -2.36. The van der Waals surface area contributed by atoms with Crippen molar-refractivity contribution in [2.45, 2.75) is 37.8 Å². The maximum atomic E-state index is 13.2. The number of nitrogens with one attached hydrogen (secondary N) is 2. The van der Waals surface area contributed by atoms with Gasteiger partial charge in [0.05, 0.1) is 30.8 Å². The molecule has 14 heteroatoms. The molecule has 2 heterocycles. The molecule has 12 nitrogen and oxygen atoms in total. The number of benzene rings is 1. The Morgan fingerprint density at radius 2 is 1.65 bits per heavy atom. The van der Waals surface area contributed by atoms with Crippen LogP contribution in [0, 0.1) is 0 Å². The van der Waals surface area contributed by atoms with Crippen LogP contribution in [-0.2, 0) is 37.2 Å². The number of fused-ring (bicyclic) bond motifs is 1.